The smallest absolute Gasteiger partial charge is 0.465 e. The van der Waals surface area contributed by atoms with E-state index in [1.165, 1.54) is 0 Å². The van der Waals surface area contributed by atoms with E-state index < -0.39 is 34.6 Å². The maximum atomic E-state index is 12.5. The van der Waals surface area contributed by atoms with Crippen molar-refractivity contribution in [3.8, 4) is 0 Å². The fraction of sp³-hybridized carbons (Fsp3) is 0.125. The molecule has 0 N–H and O–H groups in total. The number of nitro benzene ring substituents is 1. The Morgan fingerprint density at radius 2 is 1.89 bits per heavy atom. The van der Waals surface area contributed by atoms with E-state index in [4.69, 9.17) is 0 Å². The van der Waals surface area contributed by atoms with Crippen molar-refractivity contribution in [2.24, 2.45) is 0 Å². The molecule has 1 aromatic carbocycles. The Labute approximate surface area is 142 Å². The van der Waals surface area contributed by atoms with Crippen molar-refractivity contribution in [2.45, 2.75) is 0 Å². The Balaban J connectivity index is 0.00000289. The Kier molecular flexibility index (Phi) is 6.51. The summed E-state index contributed by atoms with van der Waals surface area (Å²) in [6.07, 6.45) is 0. The van der Waals surface area contributed by atoms with Crippen molar-refractivity contribution in [3.05, 3.63) is 33.9 Å². The zero-order valence-electron chi connectivity index (χ0n) is 9.52. The third-order valence-corrected chi connectivity index (χ3v) is 1.95. The van der Waals surface area contributed by atoms with Crippen LogP contribution in [0.15, 0.2) is 18.2 Å². The van der Waals surface area contributed by atoms with Crippen LogP contribution in [0.1, 0.15) is 10.4 Å². The maximum absolute atomic E-state index is 12.5. The average molecular weight is 287 g/mol. The molecule has 0 heterocycles. The van der Waals surface area contributed by atoms with Gasteiger partial charge in [0.25, 0.3) is 5.69 Å². The largest absolute Gasteiger partial charge is 1.00 e. The van der Waals surface area contributed by atoms with Gasteiger partial charge < -0.3 is 17.7 Å². The molecule has 1 aromatic rings. The number of carbonyl (C=O) groups is 1. The molecule has 0 aliphatic heterocycles. The van der Waals surface area contributed by atoms with Gasteiger partial charge in [-0.2, -0.15) is 0 Å². The van der Waals surface area contributed by atoms with Gasteiger partial charge in [-0.1, -0.05) is 6.07 Å². The minimum Gasteiger partial charge on any atom is -0.465 e. The number of rotatable bonds is 3. The molecule has 0 bridgehead atoms. The van der Waals surface area contributed by atoms with Gasteiger partial charge in [-0.15, -0.1) is 5.46 Å². The molecular weight excluding hydrogens is 281 g/mol. The topological polar surface area (TPSA) is 69.4 Å². The van der Waals surface area contributed by atoms with Crippen LogP contribution in [0.25, 0.3) is 0 Å². The summed E-state index contributed by atoms with van der Waals surface area (Å²) >= 11 is 0. The zero-order chi connectivity index (χ0) is 13.2. The van der Waals surface area contributed by atoms with Crippen LogP contribution < -0.4 is 56.8 Å². The van der Waals surface area contributed by atoms with Gasteiger partial charge in [0.15, 0.2) is 0 Å². The van der Waals surface area contributed by atoms with Crippen LogP contribution in [0.3, 0.4) is 0 Å². The van der Waals surface area contributed by atoms with Gasteiger partial charge in [0, 0.05) is 6.07 Å². The van der Waals surface area contributed by atoms with Gasteiger partial charge in [0.05, 0.1) is 17.6 Å². The quantitative estimate of drug-likeness (QED) is 0.292. The molecule has 0 saturated carbocycles. The maximum Gasteiger partial charge on any atom is 1.00 e. The summed E-state index contributed by atoms with van der Waals surface area (Å²) in [5.41, 5.74) is -2.52. The van der Waals surface area contributed by atoms with E-state index >= 15 is 0 Å². The molecule has 0 amide bonds. The Bertz CT molecular complexity index is 480. The van der Waals surface area contributed by atoms with Crippen LogP contribution in [-0.2, 0) is 4.74 Å². The number of non-ortho nitro benzene ring substituents is 1. The van der Waals surface area contributed by atoms with Crippen molar-refractivity contribution in [1.29, 1.82) is 0 Å². The normalized spacial score (nSPS) is 10.4. The molecule has 0 spiro atoms. The SMILES string of the molecule is COC(=O)c1cc([N+](=O)[O-])cc([B-](F)(F)F)c1.[K+]. The van der Waals surface area contributed by atoms with Gasteiger partial charge in [0.1, 0.15) is 0 Å². The molecule has 92 valence electrons. The van der Waals surface area contributed by atoms with E-state index in [1.807, 2.05) is 0 Å². The number of benzene rings is 1. The number of hydrogen-bond acceptors (Lipinski definition) is 4. The number of esters is 1. The molecule has 0 aliphatic carbocycles. The van der Waals surface area contributed by atoms with Crippen LogP contribution in [0, 0.1) is 10.1 Å². The van der Waals surface area contributed by atoms with E-state index in [-0.39, 0.29) is 51.4 Å². The molecule has 18 heavy (non-hydrogen) atoms. The second-order valence-corrected chi connectivity index (χ2v) is 3.14. The van der Waals surface area contributed by atoms with E-state index in [1.54, 1.807) is 0 Å². The molecule has 0 atom stereocenters. The number of methoxy groups -OCH3 is 1. The van der Waals surface area contributed by atoms with Crippen molar-refractivity contribution in [2.75, 3.05) is 7.11 Å². The fourth-order valence-electron chi connectivity index (χ4n) is 1.16. The zero-order valence-corrected chi connectivity index (χ0v) is 12.6. The number of carbonyl (C=O) groups excluding carboxylic acids is 1. The molecular formula is C8H6BF3KNO4. The van der Waals surface area contributed by atoms with Gasteiger partial charge in [-0.3, -0.25) is 10.1 Å². The summed E-state index contributed by atoms with van der Waals surface area (Å²) in [6.45, 7) is -5.42. The molecule has 5 nitrogen and oxygen atoms in total. The van der Waals surface area contributed by atoms with Crippen LogP contribution >= 0.6 is 0 Å². The van der Waals surface area contributed by atoms with Crippen LogP contribution in [0.2, 0.25) is 0 Å². The molecule has 10 heteroatoms. The second-order valence-electron chi connectivity index (χ2n) is 3.14. The molecule has 0 saturated heterocycles. The molecule has 0 fully saturated rings. The molecule has 0 aromatic heterocycles. The number of nitrogens with zero attached hydrogens (tertiary/aromatic N) is 1. The van der Waals surface area contributed by atoms with Gasteiger partial charge in [-0.05, 0) is 6.07 Å². The van der Waals surface area contributed by atoms with Crippen LogP contribution in [0.5, 0.6) is 0 Å². The summed E-state index contributed by atoms with van der Waals surface area (Å²) < 4.78 is 41.6. The number of ether oxygens (including phenoxy) is 1. The van der Waals surface area contributed by atoms with Crippen molar-refractivity contribution in [1.82, 2.24) is 0 Å². The third-order valence-electron chi connectivity index (χ3n) is 1.95. The molecule has 1 rings (SSSR count). The van der Waals surface area contributed by atoms with E-state index in [2.05, 4.69) is 4.74 Å². The predicted molar refractivity (Wildman–Crippen MR) is 53.1 cm³/mol. The Morgan fingerprint density at radius 1 is 1.33 bits per heavy atom. The van der Waals surface area contributed by atoms with Crippen molar-refractivity contribution < 1.29 is 78.8 Å². The Hall–Kier alpha value is -0.419. The standard InChI is InChI=1S/C8H6BF3NO4.K/c1-17-8(14)5-2-6(9(10,11)12)4-7(3-5)13(15)16;/h2-4H,1H3;/q-1;+1. The second kappa shape index (κ2) is 6.66. The van der Waals surface area contributed by atoms with Gasteiger partial charge in [-0.25, -0.2) is 4.79 Å². The third kappa shape index (κ3) is 4.35. The number of halogens is 3. The van der Waals surface area contributed by atoms with E-state index in [0.29, 0.717) is 12.1 Å². The van der Waals surface area contributed by atoms with E-state index in [0.717, 1.165) is 13.2 Å². The average Bonchev–Trinajstić information content (AvgIpc) is 2.26. The van der Waals surface area contributed by atoms with Gasteiger partial charge in [0.2, 0.25) is 0 Å². The first-order valence-corrected chi connectivity index (χ1v) is 4.33. The van der Waals surface area contributed by atoms with Crippen molar-refractivity contribution >= 4 is 24.1 Å². The molecule has 0 radical (unpaired) electrons. The number of nitro groups is 1. The predicted octanol–water partition coefficient (Wildman–Crippen LogP) is -1.56. The summed E-state index contributed by atoms with van der Waals surface area (Å²) in [5.74, 6) is -1.06. The monoisotopic (exact) mass is 287 g/mol. The first-order valence-electron chi connectivity index (χ1n) is 4.33. The minimum absolute atomic E-state index is 0. The van der Waals surface area contributed by atoms with E-state index in [9.17, 15) is 27.9 Å². The fourth-order valence-corrected chi connectivity index (χ4v) is 1.16. The van der Waals surface area contributed by atoms with Crippen molar-refractivity contribution in [3.63, 3.8) is 0 Å². The van der Waals surface area contributed by atoms with Gasteiger partial charge >= 0.3 is 64.3 Å². The van der Waals surface area contributed by atoms with Crippen LogP contribution in [-0.4, -0.2) is 25.0 Å². The summed E-state index contributed by atoms with van der Waals surface area (Å²) in [6, 6.07) is 1.64. The minimum atomic E-state index is -5.42. The first-order chi connectivity index (χ1) is 7.75. The summed E-state index contributed by atoms with van der Waals surface area (Å²) in [4.78, 5) is 20.5. The molecule has 0 aliphatic rings. The Morgan fingerprint density at radius 3 is 2.28 bits per heavy atom. The van der Waals surface area contributed by atoms with Crippen LogP contribution in [0.4, 0.5) is 18.6 Å². The summed E-state index contributed by atoms with van der Waals surface area (Å²) in [5, 5.41) is 10.4. The summed E-state index contributed by atoms with van der Waals surface area (Å²) in [7, 11) is 0.972. The first kappa shape index (κ1) is 17.6. The molecule has 0 unspecified atom stereocenters. The number of hydrogen-bond donors (Lipinski definition) is 0.